The summed E-state index contributed by atoms with van der Waals surface area (Å²) < 4.78 is 13.5. The van der Waals surface area contributed by atoms with Crippen LogP contribution in [0.3, 0.4) is 0 Å². The zero-order valence-corrected chi connectivity index (χ0v) is 12.3. The standard InChI is InChI=1S/C14H18ClFN2O2/c1-9(2)6-7-17-12(19)8-18-14(20)13-10(15)4-3-5-11(13)16/h3-5,9H,6-8H2,1-2H3,(H,17,19)(H,18,20). The number of nitrogens with one attached hydrogen (secondary N) is 2. The summed E-state index contributed by atoms with van der Waals surface area (Å²) in [6, 6.07) is 3.97. The average molecular weight is 301 g/mol. The van der Waals surface area contributed by atoms with Crippen molar-refractivity contribution in [1.29, 1.82) is 0 Å². The molecular formula is C14H18ClFN2O2. The Bertz CT molecular complexity index is 472. The van der Waals surface area contributed by atoms with Gasteiger partial charge in [0.2, 0.25) is 5.91 Å². The predicted molar refractivity (Wildman–Crippen MR) is 76.2 cm³/mol. The molecule has 0 aliphatic carbocycles. The van der Waals surface area contributed by atoms with E-state index in [1.807, 2.05) is 13.8 Å². The maximum Gasteiger partial charge on any atom is 0.256 e. The Morgan fingerprint density at radius 3 is 2.60 bits per heavy atom. The van der Waals surface area contributed by atoms with Gasteiger partial charge >= 0.3 is 0 Å². The molecule has 6 heteroatoms. The summed E-state index contributed by atoms with van der Waals surface area (Å²) in [5.74, 6) is -1.24. The summed E-state index contributed by atoms with van der Waals surface area (Å²) >= 11 is 5.76. The predicted octanol–water partition coefficient (Wildman–Crippen LogP) is 2.37. The summed E-state index contributed by atoms with van der Waals surface area (Å²) in [4.78, 5) is 23.2. The van der Waals surface area contributed by atoms with Crippen molar-refractivity contribution in [2.45, 2.75) is 20.3 Å². The Morgan fingerprint density at radius 2 is 2.00 bits per heavy atom. The minimum atomic E-state index is -0.713. The van der Waals surface area contributed by atoms with Gasteiger partial charge < -0.3 is 10.6 Å². The topological polar surface area (TPSA) is 58.2 Å². The van der Waals surface area contributed by atoms with E-state index in [0.29, 0.717) is 12.5 Å². The molecule has 1 aromatic carbocycles. The summed E-state index contributed by atoms with van der Waals surface area (Å²) in [6.07, 6.45) is 0.860. The molecule has 2 N–H and O–H groups in total. The molecule has 0 spiro atoms. The molecule has 110 valence electrons. The SMILES string of the molecule is CC(C)CCNC(=O)CNC(=O)c1c(F)cccc1Cl. The van der Waals surface area contributed by atoms with Crippen LogP contribution in [0.4, 0.5) is 4.39 Å². The lowest BCUT2D eigenvalue weighted by molar-refractivity contribution is -0.120. The highest BCUT2D eigenvalue weighted by atomic mass is 35.5. The summed E-state index contributed by atoms with van der Waals surface area (Å²) in [5, 5.41) is 5.03. The van der Waals surface area contributed by atoms with Gasteiger partial charge in [-0.3, -0.25) is 9.59 Å². The van der Waals surface area contributed by atoms with Crippen LogP contribution in [0.25, 0.3) is 0 Å². The molecule has 4 nitrogen and oxygen atoms in total. The van der Waals surface area contributed by atoms with Crippen LogP contribution in [-0.2, 0) is 4.79 Å². The van der Waals surface area contributed by atoms with Crippen LogP contribution in [0.2, 0.25) is 5.02 Å². The summed E-state index contributed by atoms with van der Waals surface area (Å²) in [7, 11) is 0. The van der Waals surface area contributed by atoms with Crippen molar-refractivity contribution in [1.82, 2.24) is 10.6 Å². The maximum absolute atomic E-state index is 13.5. The molecule has 2 amide bonds. The number of halogens is 2. The monoisotopic (exact) mass is 300 g/mol. The van der Waals surface area contributed by atoms with Gasteiger partial charge in [0.1, 0.15) is 5.82 Å². The zero-order chi connectivity index (χ0) is 15.1. The van der Waals surface area contributed by atoms with Crippen molar-refractivity contribution in [3.05, 3.63) is 34.6 Å². The van der Waals surface area contributed by atoms with Gasteiger partial charge in [-0.1, -0.05) is 31.5 Å². The van der Waals surface area contributed by atoms with Crippen molar-refractivity contribution in [2.24, 2.45) is 5.92 Å². The van der Waals surface area contributed by atoms with Crippen molar-refractivity contribution in [3.8, 4) is 0 Å². The van der Waals surface area contributed by atoms with Gasteiger partial charge in [-0.15, -0.1) is 0 Å². The molecule has 0 aliphatic heterocycles. The van der Waals surface area contributed by atoms with E-state index in [4.69, 9.17) is 11.6 Å². The fourth-order valence-electron chi connectivity index (χ4n) is 1.53. The number of rotatable bonds is 6. The quantitative estimate of drug-likeness (QED) is 0.847. The molecular weight excluding hydrogens is 283 g/mol. The van der Waals surface area contributed by atoms with E-state index in [9.17, 15) is 14.0 Å². The van der Waals surface area contributed by atoms with E-state index in [1.54, 1.807) is 0 Å². The zero-order valence-electron chi connectivity index (χ0n) is 11.5. The van der Waals surface area contributed by atoms with Crippen molar-refractivity contribution in [3.63, 3.8) is 0 Å². The van der Waals surface area contributed by atoms with E-state index >= 15 is 0 Å². The Kier molecular flexibility index (Phi) is 6.45. The third kappa shape index (κ3) is 5.17. The van der Waals surface area contributed by atoms with Crippen LogP contribution < -0.4 is 10.6 Å². The second-order valence-electron chi connectivity index (χ2n) is 4.81. The molecule has 1 rings (SSSR count). The van der Waals surface area contributed by atoms with Gasteiger partial charge in [-0.05, 0) is 24.5 Å². The first-order valence-corrected chi connectivity index (χ1v) is 6.78. The van der Waals surface area contributed by atoms with Gasteiger partial charge in [-0.2, -0.15) is 0 Å². The molecule has 0 aliphatic rings. The highest BCUT2D eigenvalue weighted by Gasteiger charge is 2.16. The molecule has 0 aromatic heterocycles. The fourth-order valence-corrected chi connectivity index (χ4v) is 1.78. The number of hydrogen-bond donors (Lipinski definition) is 2. The molecule has 0 atom stereocenters. The van der Waals surface area contributed by atoms with Gasteiger partial charge in [-0.25, -0.2) is 4.39 Å². The Hall–Kier alpha value is -1.62. The Labute approximate surface area is 122 Å². The van der Waals surface area contributed by atoms with E-state index in [-0.39, 0.29) is 23.0 Å². The first kappa shape index (κ1) is 16.4. The molecule has 1 aromatic rings. The summed E-state index contributed by atoms with van der Waals surface area (Å²) in [5.41, 5.74) is -0.246. The Morgan fingerprint density at radius 1 is 1.30 bits per heavy atom. The fraction of sp³-hybridized carbons (Fsp3) is 0.429. The number of hydrogen-bond acceptors (Lipinski definition) is 2. The number of amides is 2. The molecule has 20 heavy (non-hydrogen) atoms. The van der Waals surface area contributed by atoms with Crippen LogP contribution in [0, 0.1) is 11.7 Å². The van der Waals surface area contributed by atoms with E-state index < -0.39 is 11.7 Å². The van der Waals surface area contributed by atoms with Crippen LogP contribution >= 0.6 is 11.6 Å². The van der Waals surface area contributed by atoms with Crippen molar-refractivity contribution >= 4 is 23.4 Å². The van der Waals surface area contributed by atoms with Crippen LogP contribution in [0.15, 0.2) is 18.2 Å². The first-order valence-electron chi connectivity index (χ1n) is 6.40. The molecule has 0 unspecified atom stereocenters. The molecule has 0 saturated carbocycles. The number of carbonyl (C=O) groups is 2. The van der Waals surface area contributed by atoms with Crippen molar-refractivity contribution in [2.75, 3.05) is 13.1 Å². The highest BCUT2D eigenvalue weighted by molar-refractivity contribution is 6.33. The van der Waals surface area contributed by atoms with E-state index in [2.05, 4.69) is 10.6 Å². The smallest absolute Gasteiger partial charge is 0.256 e. The van der Waals surface area contributed by atoms with Crippen LogP contribution in [0.1, 0.15) is 30.6 Å². The molecule has 0 bridgehead atoms. The minimum Gasteiger partial charge on any atom is -0.355 e. The lowest BCUT2D eigenvalue weighted by Crippen LogP contribution is -2.37. The third-order valence-corrected chi connectivity index (χ3v) is 2.96. The lowest BCUT2D eigenvalue weighted by Gasteiger charge is -2.09. The van der Waals surface area contributed by atoms with Crippen LogP contribution in [0.5, 0.6) is 0 Å². The molecule has 0 radical (unpaired) electrons. The van der Waals surface area contributed by atoms with Gasteiger partial charge in [0.05, 0.1) is 17.1 Å². The Balaban J connectivity index is 2.45. The average Bonchev–Trinajstić information content (AvgIpc) is 2.35. The molecule has 0 fully saturated rings. The number of benzene rings is 1. The third-order valence-electron chi connectivity index (χ3n) is 2.64. The lowest BCUT2D eigenvalue weighted by atomic mass is 10.1. The van der Waals surface area contributed by atoms with Gasteiger partial charge in [0, 0.05) is 6.54 Å². The van der Waals surface area contributed by atoms with Gasteiger partial charge in [0.25, 0.3) is 5.91 Å². The second kappa shape index (κ2) is 7.85. The molecule has 0 saturated heterocycles. The highest BCUT2D eigenvalue weighted by Crippen LogP contribution is 2.18. The van der Waals surface area contributed by atoms with Crippen molar-refractivity contribution < 1.29 is 14.0 Å². The normalized spacial score (nSPS) is 10.4. The second-order valence-corrected chi connectivity index (χ2v) is 5.22. The van der Waals surface area contributed by atoms with Gasteiger partial charge in [0.15, 0.2) is 0 Å². The molecule has 0 heterocycles. The summed E-state index contributed by atoms with van der Waals surface area (Å²) in [6.45, 7) is 4.44. The minimum absolute atomic E-state index is 0.0164. The van der Waals surface area contributed by atoms with E-state index in [1.165, 1.54) is 12.1 Å². The van der Waals surface area contributed by atoms with Crippen LogP contribution in [-0.4, -0.2) is 24.9 Å². The largest absolute Gasteiger partial charge is 0.355 e. The maximum atomic E-state index is 13.5. The van der Waals surface area contributed by atoms with E-state index in [0.717, 1.165) is 12.5 Å². The first-order chi connectivity index (χ1) is 9.41. The number of carbonyl (C=O) groups excluding carboxylic acids is 2.